The minimum Gasteiger partial charge on any atom is -0.299 e. The zero-order chi connectivity index (χ0) is 14.8. The van der Waals surface area contributed by atoms with E-state index in [1.54, 1.807) is 12.1 Å². The zero-order valence-electron chi connectivity index (χ0n) is 12.3. The number of rotatable bonds is 10. The van der Waals surface area contributed by atoms with Crippen molar-refractivity contribution in [2.75, 3.05) is 0 Å². The van der Waals surface area contributed by atoms with Crippen LogP contribution in [-0.2, 0) is 11.2 Å². The molecule has 0 unspecified atom stereocenters. The first-order valence-electron chi connectivity index (χ1n) is 7.59. The average Bonchev–Trinajstić information content (AvgIpc) is 2.42. The summed E-state index contributed by atoms with van der Waals surface area (Å²) in [6.07, 6.45) is 9.59. The van der Waals surface area contributed by atoms with E-state index in [4.69, 9.17) is 0 Å². The number of carbonyl (C=O) groups excluding carboxylic acids is 1. The second-order valence-electron chi connectivity index (χ2n) is 5.34. The largest absolute Gasteiger partial charge is 0.299 e. The van der Waals surface area contributed by atoms with Crippen molar-refractivity contribution < 1.29 is 9.18 Å². The van der Waals surface area contributed by atoms with E-state index in [0.29, 0.717) is 17.3 Å². The Labute approximate surface area is 130 Å². The first-order valence-corrected chi connectivity index (χ1v) is 8.38. The van der Waals surface area contributed by atoms with Crippen LogP contribution in [0.5, 0.6) is 0 Å². The zero-order valence-corrected chi connectivity index (χ0v) is 13.8. The number of carbonyl (C=O) groups is 1. The molecule has 0 atom stereocenters. The van der Waals surface area contributed by atoms with E-state index >= 15 is 0 Å². The van der Waals surface area contributed by atoms with Crippen molar-refractivity contribution in [3.8, 4) is 0 Å². The van der Waals surface area contributed by atoms with Gasteiger partial charge in [0, 0.05) is 12.8 Å². The summed E-state index contributed by atoms with van der Waals surface area (Å²) >= 11 is 3.14. The van der Waals surface area contributed by atoms with Gasteiger partial charge >= 0.3 is 0 Å². The Hall–Kier alpha value is -0.700. The van der Waals surface area contributed by atoms with Gasteiger partial charge in [0.05, 0.1) is 4.47 Å². The maximum Gasteiger partial charge on any atom is 0.137 e. The molecule has 0 fully saturated rings. The Morgan fingerprint density at radius 2 is 1.75 bits per heavy atom. The number of hydrogen-bond donors (Lipinski definition) is 0. The SMILES string of the molecule is CCCCCCCCCC(=O)Cc1ccc(F)c(Br)c1. The third kappa shape index (κ3) is 7.18. The van der Waals surface area contributed by atoms with E-state index in [2.05, 4.69) is 22.9 Å². The normalized spacial score (nSPS) is 10.8. The molecule has 0 spiro atoms. The Kier molecular flexibility index (Phi) is 8.75. The summed E-state index contributed by atoms with van der Waals surface area (Å²) in [5.74, 6) is -0.0367. The fourth-order valence-electron chi connectivity index (χ4n) is 2.24. The number of unbranched alkanes of at least 4 members (excludes halogenated alkanes) is 6. The highest BCUT2D eigenvalue weighted by Gasteiger charge is 2.06. The first-order chi connectivity index (χ1) is 9.63. The number of halogens is 2. The third-order valence-electron chi connectivity index (χ3n) is 3.44. The summed E-state index contributed by atoms with van der Waals surface area (Å²) < 4.78 is 13.5. The molecule has 0 saturated carbocycles. The molecule has 1 nitrogen and oxygen atoms in total. The molecule has 0 N–H and O–H groups in total. The van der Waals surface area contributed by atoms with Gasteiger partial charge < -0.3 is 0 Å². The first kappa shape index (κ1) is 17.4. The molecular weight excluding hydrogens is 319 g/mol. The van der Waals surface area contributed by atoms with Gasteiger partial charge in [0.15, 0.2) is 0 Å². The van der Waals surface area contributed by atoms with Crippen LogP contribution in [0, 0.1) is 5.82 Å². The van der Waals surface area contributed by atoms with Gasteiger partial charge in [-0.1, -0.05) is 51.5 Å². The molecule has 0 aliphatic rings. The van der Waals surface area contributed by atoms with Crippen LogP contribution in [0.4, 0.5) is 4.39 Å². The van der Waals surface area contributed by atoms with E-state index in [1.165, 1.54) is 38.2 Å². The predicted octanol–water partition coefficient (Wildman–Crippen LogP) is 5.84. The van der Waals surface area contributed by atoms with Crippen LogP contribution in [0.15, 0.2) is 22.7 Å². The maximum atomic E-state index is 13.1. The molecule has 112 valence electrons. The highest BCUT2D eigenvalue weighted by molar-refractivity contribution is 9.10. The molecule has 20 heavy (non-hydrogen) atoms. The van der Waals surface area contributed by atoms with Crippen LogP contribution in [0.3, 0.4) is 0 Å². The molecule has 1 aromatic rings. The lowest BCUT2D eigenvalue weighted by Gasteiger charge is -2.03. The Morgan fingerprint density at radius 3 is 2.40 bits per heavy atom. The molecule has 1 rings (SSSR count). The van der Waals surface area contributed by atoms with E-state index in [9.17, 15) is 9.18 Å². The molecule has 0 aliphatic heterocycles. The van der Waals surface area contributed by atoms with Gasteiger partial charge in [-0.3, -0.25) is 4.79 Å². The fraction of sp³-hybridized carbons (Fsp3) is 0.588. The van der Waals surface area contributed by atoms with E-state index in [-0.39, 0.29) is 11.6 Å². The Morgan fingerprint density at radius 1 is 1.10 bits per heavy atom. The minimum atomic E-state index is -0.284. The lowest BCUT2D eigenvalue weighted by Crippen LogP contribution is -2.02. The van der Waals surface area contributed by atoms with Crippen LogP contribution in [0.25, 0.3) is 0 Å². The quantitative estimate of drug-likeness (QED) is 0.488. The molecule has 0 amide bonds. The Bertz CT molecular complexity index is 417. The van der Waals surface area contributed by atoms with Gasteiger partial charge in [0.25, 0.3) is 0 Å². The van der Waals surface area contributed by atoms with Gasteiger partial charge in [0.2, 0.25) is 0 Å². The lowest BCUT2D eigenvalue weighted by atomic mass is 10.0. The lowest BCUT2D eigenvalue weighted by molar-refractivity contribution is -0.118. The summed E-state index contributed by atoms with van der Waals surface area (Å²) in [5, 5.41) is 0. The average molecular weight is 343 g/mol. The van der Waals surface area contributed by atoms with Crippen LogP contribution in [0.2, 0.25) is 0 Å². The molecule has 1 aromatic carbocycles. The number of hydrogen-bond acceptors (Lipinski definition) is 1. The summed E-state index contributed by atoms with van der Waals surface area (Å²) in [7, 11) is 0. The maximum absolute atomic E-state index is 13.1. The summed E-state index contributed by atoms with van der Waals surface area (Å²) in [5.41, 5.74) is 0.881. The van der Waals surface area contributed by atoms with Gasteiger partial charge in [-0.05, 0) is 40.0 Å². The van der Waals surface area contributed by atoms with Crippen molar-refractivity contribution in [3.05, 3.63) is 34.1 Å². The topological polar surface area (TPSA) is 17.1 Å². The van der Waals surface area contributed by atoms with E-state index < -0.39 is 0 Å². The van der Waals surface area contributed by atoms with Crippen molar-refractivity contribution in [1.29, 1.82) is 0 Å². The Balaban J connectivity index is 2.15. The second-order valence-corrected chi connectivity index (χ2v) is 6.19. The smallest absolute Gasteiger partial charge is 0.137 e. The predicted molar refractivity (Wildman–Crippen MR) is 85.4 cm³/mol. The second kappa shape index (κ2) is 10.1. The van der Waals surface area contributed by atoms with Crippen LogP contribution in [0.1, 0.15) is 63.9 Å². The summed E-state index contributed by atoms with van der Waals surface area (Å²) in [4.78, 5) is 11.8. The molecule has 0 heterocycles. The van der Waals surface area contributed by atoms with Crippen molar-refractivity contribution in [1.82, 2.24) is 0 Å². The summed E-state index contributed by atoms with van der Waals surface area (Å²) in [6.45, 7) is 2.21. The molecule has 0 saturated heterocycles. The molecule has 0 aliphatic carbocycles. The molecule has 0 aromatic heterocycles. The van der Waals surface area contributed by atoms with Gasteiger partial charge in [0.1, 0.15) is 11.6 Å². The van der Waals surface area contributed by atoms with Crippen molar-refractivity contribution in [2.24, 2.45) is 0 Å². The molecule has 0 bridgehead atoms. The molecule has 0 radical (unpaired) electrons. The highest BCUT2D eigenvalue weighted by Crippen LogP contribution is 2.18. The van der Waals surface area contributed by atoms with Crippen molar-refractivity contribution >= 4 is 21.7 Å². The van der Waals surface area contributed by atoms with Crippen LogP contribution in [-0.4, -0.2) is 5.78 Å². The van der Waals surface area contributed by atoms with E-state index in [0.717, 1.165) is 18.4 Å². The summed E-state index contributed by atoms with van der Waals surface area (Å²) in [6, 6.07) is 4.78. The van der Waals surface area contributed by atoms with Crippen LogP contribution >= 0.6 is 15.9 Å². The van der Waals surface area contributed by atoms with Crippen LogP contribution < -0.4 is 0 Å². The van der Waals surface area contributed by atoms with Gasteiger partial charge in [-0.2, -0.15) is 0 Å². The fourth-order valence-corrected chi connectivity index (χ4v) is 2.67. The van der Waals surface area contributed by atoms with Gasteiger partial charge in [-0.15, -0.1) is 0 Å². The van der Waals surface area contributed by atoms with Crippen molar-refractivity contribution in [2.45, 2.75) is 64.7 Å². The molecule has 3 heteroatoms. The van der Waals surface area contributed by atoms with Gasteiger partial charge in [-0.25, -0.2) is 4.39 Å². The molecular formula is C17H24BrFO. The minimum absolute atomic E-state index is 0.247. The number of ketones is 1. The van der Waals surface area contributed by atoms with E-state index in [1.807, 2.05) is 0 Å². The number of benzene rings is 1. The highest BCUT2D eigenvalue weighted by atomic mass is 79.9. The standard InChI is InChI=1S/C17H24BrFO/c1-2-3-4-5-6-7-8-9-15(20)12-14-10-11-17(19)16(18)13-14/h10-11,13H,2-9,12H2,1H3. The monoisotopic (exact) mass is 342 g/mol. The number of Topliss-reactive ketones (excluding diaryl/α,β-unsaturated/α-hetero) is 1. The van der Waals surface area contributed by atoms with Crippen molar-refractivity contribution in [3.63, 3.8) is 0 Å². The third-order valence-corrected chi connectivity index (χ3v) is 4.05.